The molecular formula is C23H28O4. The summed E-state index contributed by atoms with van der Waals surface area (Å²) < 4.78 is 11.4. The monoisotopic (exact) mass is 368 g/mol. The lowest BCUT2D eigenvalue weighted by Crippen LogP contribution is -2.51. The first-order valence-corrected chi connectivity index (χ1v) is 9.91. The van der Waals surface area contributed by atoms with E-state index in [0.717, 1.165) is 31.1 Å². The van der Waals surface area contributed by atoms with Crippen LogP contribution < -0.4 is 10.4 Å². The maximum absolute atomic E-state index is 11.5. The number of rotatable bonds is 3. The van der Waals surface area contributed by atoms with Gasteiger partial charge in [-0.05, 0) is 61.1 Å². The normalized spacial score (nSPS) is 33.7. The zero-order chi connectivity index (χ0) is 19.2. The molecule has 4 rings (SSSR count). The van der Waals surface area contributed by atoms with Gasteiger partial charge in [0.15, 0.2) is 0 Å². The Morgan fingerprint density at radius 1 is 1.30 bits per heavy atom. The van der Waals surface area contributed by atoms with Gasteiger partial charge in [-0.2, -0.15) is 0 Å². The van der Waals surface area contributed by atoms with Gasteiger partial charge in [-0.25, -0.2) is 4.79 Å². The Balaban J connectivity index is 1.56. The van der Waals surface area contributed by atoms with Crippen LogP contribution in [-0.4, -0.2) is 17.8 Å². The summed E-state index contributed by atoms with van der Waals surface area (Å²) in [5, 5.41) is 11.2. The van der Waals surface area contributed by atoms with Crippen molar-refractivity contribution in [2.24, 2.45) is 23.2 Å². The van der Waals surface area contributed by atoms with E-state index in [-0.39, 0.29) is 23.1 Å². The zero-order valence-electron chi connectivity index (χ0n) is 16.1. The van der Waals surface area contributed by atoms with Gasteiger partial charge >= 0.3 is 5.63 Å². The molecule has 0 spiro atoms. The van der Waals surface area contributed by atoms with Gasteiger partial charge in [0.2, 0.25) is 0 Å². The molecular weight excluding hydrogens is 340 g/mol. The summed E-state index contributed by atoms with van der Waals surface area (Å²) in [6.07, 6.45) is 3.75. The second kappa shape index (κ2) is 6.83. The van der Waals surface area contributed by atoms with Crippen molar-refractivity contribution >= 4 is 11.0 Å². The minimum atomic E-state index is -0.356. The third kappa shape index (κ3) is 3.20. The molecule has 144 valence electrons. The number of aliphatic hydroxyl groups is 1. The summed E-state index contributed by atoms with van der Waals surface area (Å²) >= 11 is 0. The fourth-order valence-electron chi connectivity index (χ4n) is 5.40. The molecule has 1 aromatic heterocycles. The molecule has 0 saturated heterocycles. The van der Waals surface area contributed by atoms with E-state index >= 15 is 0 Å². The molecule has 0 amide bonds. The Morgan fingerprint density at radius 3 is 2.89 bits per heavy atom. The van der Waals surface area contributed by atoms with E-state index in [1.165, 1.54) is 11.6 Å². The number of hydrogen-bond donors (Lipinski definition) is 1. The summed E-state index contributed by atoms with van der Waals surface area (Å²) in [4.78, 5) is 11.5. The SMILES string of the molecule is C=C1CC[C@@H]2[C@@H](C)[C@@H](O)CC[C@@]2(C)[C@H]1COc1ccc2ccc(=O)oc2c1. The van der Waals surface area contributed by atoms with Crippen LogP contribution >= 0.6 is 0 Å². The van der Waals surface area contributed by atoms with E-state index in [1.54, 1.807) is 12.1 Å². The molecule has 1 aromatic carbocycles. The van der Waals surface area contributed by atoms with Crippen LogP contribution in [0.5, 0.6) is 5.75 Å². The lowest BCUT2D eigenvalue weighted by molar-refractivity contribution is -0.0779. The van der Waals surface area contributed by atoms with Gasteiger partial charge in [-0.1, -0.05) is 26.0 Å². The Labute approximate surface area is 159 Å². The van der Waals surface area contributed by atoms with Crippen LogP contribution in [0.3, 0.4) is 0 Å². The van der Waals surface area contributed by atoms with Crippen LogP contribution in [0.15, 0.2) is 51.7 Å². The molecule has 0 bridgehead atoms. The van der Waals surface area contributed by atoms with Gasteiger partial charge in [0.1, 0.15) is 11.3 Å². The number of benzene rings is 1. The number of fused-ring (bicyclic) bond motifs is 2. The fourth-order valence-corrected chi connectivity index (χ4v) is 5.40. The smallest absolute Gasteiger partial charge is 0.336 e. The van der Waals surface area contributed by atoms with Crippen molar-refractivity contribution in [3.8, 4) is 5.75 Å². The highest BCUT2D eigenvalue weighted by atomic mass is 16.5. The maximum Gasteiger partial charge on any atom is 0.336 e. The maximum atomic E-state index is 11.5. The summed E-state index contributed by atoms with van der Waals surface area (Å²) in [7, 11) is 0. The first-order chi connectivity index (χ1) is 12.9. The fraction of sp³-hybridized carbons (Fsp3) is 0.522. The first-order valence-electron chi connectivity index (χ1n) is 9.91. The van der Waals surface area contributed by atoms with E-state index in [9.17, 15) is 9.90 Å². The first kappa shape index (κ1) is 18.3. The second-order valence-corrected chi connectivity index (χ2v) is 8.59. The molecule has 27 heavy (non-hydrogen) atoms. The molecule has 4 heteroatoms. The van der Waals surface area contributed by atoms with Crippen LogP contribution in [-0.2, 0) is 0 Å². The van der Waals surface area contributed by atoms with Crippen LogP contribution in [0.4, 0.5) is 0 Å². The molecule has 5 atom stereocenters. The molecule has 4 nitrogen and oxygen atoms in total. The number of hydrogen-bond acceptors (Lipinski definition) is 4. The third-order valence-electron chi connectivity index (χ3n) is 7.14. The molecule has 2 aliphatic carbocycles. The molecule has 1 heterocycles. The molecule has 0 aliphatic heterocycles. The van der Waals surface area contributed by atoms with Crippen LogP contribution in [0.2, 0.25) is 0 Å². The molecule has 2 saturated carbocycles. The number of aliphatic hydroxyl groups excluding tert-OH is 1. The van der Waals surface area contributed by atoms with Crippen LogP contribution in [0, 0.1) is 23.2 Å². The summed E-state index contributed by atoms with van der Waals surface area (Å²) in [5.74, 6) is 1.79. The van der Waals surface area contributed by atoms with E-state index < -0.39 is 0 Å². The van der Waals surface area contributed by atoms with Crippen molar-refractivity contribution in [2.45, 2.75) is 45.6 Å². The molecule has 0 radical (unpaired) electrons. The van der Waals surface area contributed by atoms with Crippen LogP contribution in [0.1, 0.15) is 39.5 Å². The topological polar surface area (TPSA) is 59.7 Å². The lowest BCUT2D eigenvalue weighted by Gasteiger charge is -2.55. The molecule has 2 aliphatic rings. The Bertz CT molecular complexity index is 914. The quantitative estimate of drug-likeness (QED) is 0.638. The Morgan fingerprint density at radius 2 is 2.07 bits per heavy atom. The highest BCUT2D eigenvalue weighted by molar-refractivity contribution is 5.77. The van der Waals surface area contributed by atoms with E-state index in [1.807, 2.05) is 12.1 Å². The predicted molar refractivity (Wildman–Crippen MR) is 106 cm³/mol. The molecule has 2 aromatic rings. The van der Waals surface area contributed by atoms with Gasteiger partial charge in [0.05, 0.1) is 12.7 Å². The minimum absolute atomic E-state index is 0.109. The van der Waals surface area contributed by atoms with Gasteiger partial charge in [0.25, 0.3) is 0 Å². The molecule has 0 unspecified atom stereocenters. The number of ether oxygens (including phenoxy) is 1. The Hall–Kier alpha value is -2.07. The van der Waals surface area contributed by atoms with Crippen molar-refractivity contribution < 1.29 is 14.3 Å². The zero-order valence-corrected chi connectivity index (χ0v) is 16.1. The third-order valence-corrected chi connectivity index (χ3v) is 7.14. The van der Waals surface area contributed by atoms with Gasteiger partial charge in [-0.3, -0.25) is 0 Å². The van der Waals surface area contributed by atoms with Crippen LogP contribution in [0.25, 0.3) is 11.0 Å². The average Bonchev–Trinajstić information content (AvgIpc) is 2.64. The van der Waals surface area contributed by atoms with E-state index in [0.29, 0.717) is 29.8 Å². The van der Waals surface area contributed by atoms with Crippen molar-refractivity contribution in [1.82, 2.24) is 0 Å². The van der Waals surface area contributed by atoms with Gasteiger partial charge in [-0.15, -0.1) is 0 Å². The lowest BCUT2D eigenvalue weighted by atomic mass is 9.51. The minimum Gasteiger partial charge on any atom is -0.493 e. The highest BCUT2D eigenvalue weighted by Gasteiger charge is 2.51. The molecule has 2 fully saturated rings. The largest absolute Gasteiger partial charge is 0.493 e. The second-order valence-electron chi connectivity index (χ2n) is 8.59. The predicted octanol–water partition coefficient (Wildman–Crippen LogP) is 4.55. The van der Waals surface area contributed by atoms with Crippen molar-refractivity contribution in [1.29, 1.82) is 0 Å². The average molecular weight is 368 g/mol. The van der Waals surface area contributed by atoms with E-state index in [2.05, 4.69) is 20.4 Å². The summed E-state index contributed by atoms with van der Waals surface area (Å²) in [6, 6.07) is 8.80. The van der Waals surface area contributed by atoms with Crippen molar-refractivity contribution in [3.05, 3.63) is 52.9 Å². The standard InChI is InChI=1S/C23H28O4/c1-14-4-8-18-15(2)20(24)10-11-23(18,3)19(14)13-26-17-7-5-16-6-9-22(25)27-21(16)12-17/h5-7,9,12,15,18-20,24H,1,4,8,10-11,13H2,2-3H3/t15-,18-,19+,20+,23-/m1/s1. The summed E-state index contributed by atoms with van der Waals surface area (Å²) in [6.45, 7) is 9.44. The van der Waals surface area contributed by atoms with Gasteiger partial charge in [0, 0.05) is 23.4 Å². The van der Waals surface area contributed by atoms with Crippen molar-refractivity contribution in [2.75, 3.05) is 6.61 Å². The van der Waals surface area contributed by atoms with Crippen molar-refractivity contribution in [3.63, 3.8) is 0 Å². The van der Waals surface area contributed by atoms with Gasteiger partial charge < -0.3 is 14.3 Å². The highest BCUT2D eigenvalue weighted by Crippen LogP contribution is 2.56. The molecule has 1 N–H and O–H groups in total. The Kier molecular flexibility index (Phi) is 4.63. The summed E-state index contributed by atoms with van der Waals surface area (Å²) in [5.41, 5.74) is 1.55. The van der Waals surface area contributed by atoms with E-state index in [4.69, 9.17) is 9.15 Å².